The van der Waals surface area contributed by atoms with E-state index < -0.39 is 0 Å². The van der Waals surface area contributed by atoms with Gasteiger partial charge in [-0.1, -0.05) is 0 Å². The number of carbonyl (C=O) groups is 2. The molecule has 0 aromatic carbocycles. The van der Waals surface area contributed by atoms with E-state index in [0.29, 0.717) is 0 Å². The van der Waals surface area contributed by atoms with Crippen LogP contribution in [-0.2, 0) is 30.7 Å². The monoisotopic (exact) mass is 289 g/mol. The molecule has 0 radical (unpaired) electrons. The third-order valence-electron chi connectivity index (χ3n) is 0. The van der Waals surface area contributed by atoms with Gasteiger partial charge in [0.25, 0.3) is 0 Å². The van der Waals surface area contributed by atoms with Gasteiger partial charge < -0.3 is 21.9 Å². The van der Waals surface area contributed by atoms with E-state index in [1.165, 1.54) is 0 Å². The fraction of sp³-hybridized carbons (Fsp3) is 0. The zero-order chi connectivity index (χ0) is 4.00. The minimum Gasteiger partial charge on any atom is -0.344 e. The van der Waals surface area contributed by atoms with Gasteiger partial charge in [-0.2, -0.15) is 0 Å². The summed E-state index contributed by atoms with van der Waals surface area (Å²) >= 11 is 0. The summed E-state index contributed by atoms with van der Waals surface area (Å²) in [5.74, 6) is 0. The predicted octanol–water partition coefficient (Wildman–Crippen LogP) is -0.0483. The van der Waals surface area contributed by atoms with Crippen LogP contribution < -0.4 is 12.3 Å². The number of rotatable bonds is 0. The van der Waals surface area contributed by atoms with Gasteiger partial charge in [-0.25, -0.2) is 0 Å². The zero-order valence-corrected chi connectivity index (χ0v) is 6.23. The molecule has 7 heavy (non-hydrogen) atoms. The maximum Gasteiger partial charge on any atom is 0.106 e. The summed E-state index contributed by atoms with van der Waals surface area (Å²) in [5, 5.41) is 0. The summed E-state index contributed by atoms with van der Waals surface area (Å²) < 4.78 is 0. The summed E-state index contributed by atoms with van der Waals surface area (Å²) in [6, 6.07) is 0. The van der Waals surface area contributed by atoms with E-state index in [1.54, 1.807) is 0 Å². The van der Waals surface area contributed by atoms with Crippen molar-refractivity contribution in [1.29, 1.82) is 0 Å². The molecule has 0 rings (SSSR count). The molecule has 0 aliphatic heterocycles. The summed E-state index contributed by atoms with van der Waals surface area (Å²) in [5.41, 5.74) is 0. The normalized spacial score (nSPS) is 1.14. The van der Waals surface area contributed by atoms with Crippen LogP contribution in [0.3, 0.4) is 0 Å². The number of hydrogen-bond acceptors (Lipinski definition) is 4. The first-order chi connectivity index (χ1) is 2.00. The van der Waals surface area contributed by atoms with Gasteiger partial charge in [0.1, 0.15) is 13.6 Å². The second-order valence-electron chi connectivity index (χ2n) is 0. The van der Waals surface area contributed by atoms with Crippen molar-refractivity contribution in [3.63, 3.8) is 0 Å². The van der Waals surface area contributed by atoms with Gasteiger partial charge in [0, 0.05) is 21.1 Å². The number of hydrogen-bond donors (Lipinski definition) is 2. The molecule has 0 amide bonds. The van der Waals surface area contributed by atoms with Crippen LogP contribution in [0.15, 0.2) is 0 Å². The summed E-state index contributed by atoms with van der Waals surface area (Å²) in [4.78, 5) is 16.0. The fourth-order valence-electron chi connectivity index (χ4n) is 0. The first-order valence-electron chi connectivity index (χ1n) is 0.577. The Hall–Kier alpha value is -0.0517. The molecule has 0 atom stereocenters. The Kier molecular flexibility index (Phi) is 504000. The Bertz CT molecular complexity index is 15.7. The van der Waals surface area contributed by atoms with Crippen molar-refractivity contribution >= 4 is 13.6 Å². The van der Waals surface area contributed by atoms with Crippen LogP contribution in [0.1, 0.15) is 0 Å². The molecule has 5 heteroatoms. The molecular weight excluding hydrogens is 279 g/mol. The molecule has 0 fully saturated rings. The van der Waals surface area contributed by atoms with Crippen LogP contribution in [-0.4, -0.2) is 13.6 Å². The molecule has 0 unspecified atom stereocenters. The van der Waals surface area contributed by atoms with Crippen molar-refractivity contribution in [2.24, 2.45) is 0 Å². The third-order valence-corrected chi connectivity index (χ3v) is 0. The van der Waals surface area contributed by atoms with Crippen molar-refractivity contribution in [3.05, 3.63) is 0 Å². The number of carbonyl (C=O) groups excluding carboxylic acids is 2. The second kappa shape index (κ2) is 54500. The average Bonchev–Trinajstić information content (AvgIpc) is 1.50. The maximum absolute atomic E-state index is 8.00. The molecule has 0 bridgehead atoms. The summed E-state index contributed by atoms with van der Waals surface area (Å²) in [6.07, 6.45) is 0. The average molecular weight is 289 g/mol. The summed E-state index contributed by atoms with van der Waals surface area (Å²) in [7, 11) is 0. The first-order valence-corrected chi connectivity index (χ1v) is 0.577. The van der Waals surface area contributed by atoms with E-state index in [4.69, 9.17) is 9.59 Å². The smallest absolute Gasteiger partial charge is 0.106 e. The maximum atomic E-state index is 8.00. The standard InChI is InChI=1S/2CH2O.2H3N.Pt/c2*1-2;;;/h2*1H2;2*1H3;. The molecular formula is C2H10N2O2Pt. The SMILES string of the molecule is C=O.C=O.N.N.[Pt]. The molecule has 50 valence electrons. The van der Waals surface area contributed by atoms with Crippen molar-refractivity contribution in [2.45, 2.75) is 0 Å². The van der Waals surface area contributed by atoms with Crippen molar-refractivity contribution in [1.82, 2.24) is 12.3 Å². The molecule has 0 aliphatic carbocycles. The van der Waals surface area contributed by atoms with E-state index >= 15 is 0 Å². The van der Waals surface area contributed by atoms with Crippen LogP contribution in [0, 0.1) is 0 Å². The van der Waals surface area contributed by atoms with E-state index in [-0.39, 0.29) is 33.4 Å². The van der Waals surface area contributed by atoms with E-state index in [0.717, 1.165) is 0 Å². The Morgan fingerprint density at radius 3 is 0.714 bits per heavy atom. The van der Waals surface area contributed by atoms with Crippen molar-refractivity contribution in [3.8, 4) is 0 Å². The van der Waals surface area contributed by atoms with Gasteiger partial charge >= 0.3 is 0 Å². The Balaban J connectivity index is -0.00000000267. The largest absolute Gasteiger partial charge is 0.344 e. The predicted molar refractivity (Wildman–Crippen MR) is 24.3 cm³/mol. The zero-order valence-electron chi connectivity index (χ0n) is 3.96. The molecule has 0 aromatic heterocycles. The molecule has 0 aliphatic rings. The first kappa shape index (κ1) is 64.8. The van der Waals surface area contributed by atoms with Crippen molar-refractivity contribution < 1.29 is 30.7 Å². The van der Waals surface area contributed by atoms with Gasteiger partial charge in [-0.05, 0) is 0 Å². The van der Waals surface area contributed by atoms with Crippen LogP contribution in [0.2, 0.25) is 0 Å². The third kappa shape index (κ3) is 34700. The molecule has 0 spiro atoms. The quantitative estimate of drug-likeness (QED) is 0.652. The van der Waals surface area contributed by atoms with Crippen LogP contribution >= 0.6 is 0 Å². The molecule has 6 N–H and O–H groups in total. The fourth-order valence-corrected chi connectivity index (χ4v) is 0. The minimum atomic E-state index is 0. The second-order valence-corrected chi connectivity index (χ2v) is 0. The Morgan fingerprint density at radius 2 is 0.714 bits per heavy atom. The van der Waals surface area contributed by atoms with E-state index in [2.05, 4.69) is 0 Å². The van der Waals surface area contributed by atoms with E-state index in [1.807, 2.05) is 13.6 Å². The molecule has 0 heterocycles. The van der Waals surface area contributed by atoms with E-state index in [9.17, 15) is 0 Å². The molecule has 0 aromatic rings. The Morgan fingerprint density at radius 1 is 0.714 bits per heavy atom. The van der Waals surface area contributed by atoms with Crippen molar-refractivity contribution in [2.75, 3.05) is 0 Å². The van der Waals surface area contributed by atoms with Gasteiger partial charge in [-0.15, -0.1) is 0 Å². The van der Waals surface area contributed by atoms with Crippen LogP contribution in [0.4, 0.5) is 0 Å². The Labute approximate surface area is 57.1 Å². The van der Waals surface area contributed by atoms with Gasteiger partial charge in [0.05, 0.1) is 0 Å². The minimum absolute atomic E-state index is 0. The van der Waals surface area contributed by atoms with Crippen LogP contribution in [0.25, 0.3) is 0 Å². The molecule has 0 saturated carbocycles. The van der Waals surface area contributed by atoms with Gasteiger partial charge in [0.15, 0.2) is 0 Å². The van der Waals surface area contributed by atoms with Crippen LogP contribution in [0.5, 0.6) is 0 Å². The molecule has 0 saturated heterocycles. The molecule has 4 nitrogen and oxygen atoms in total. The topological polar surface area (TPSA) is 104 Å². The summed E-state index contributed by atoms with van der Waals surface area (Å²) in [6.45, 7) is 4.00. The van der Waals surface area contributed by atoms with Gasteiger partial charge in [-0.3, -0.25) is 0 Å². The van der Waals surface area contributed by atoms with Gasteiger partial charge in [0.2, 0.25) is 0 Å².